The van der Waals surface area contributed by atoms with Crippen molar-refractivity contribution in [3.63, 3.8) is 0 Å². The van der Waals surface area contributed by atoms with Gasteiger partial charge in [-0.15, -0.1) is 0 Å². The van der Waals surface area contributed by atoms with Crippen LogP contribution in [0.1, 0.15) is 22.5 Å². The quantitative estimate of drug-likeness (QED) is 0.500. The third kappa shape index (κ3) is 6.27. The summed E-state index contributed by atoms with van der Waals surface area (Å²) in [6.07, 6.45) is 2.50. The van der Waals surface area contributed by atoms with E-state index in [0.717, 1.165) is 17.4 Å². The molecule has 0 radical (unpaired) electrons. The largest absolute Gasteiger partial charge is 0.493 e. The summed E-state index contributed by atoms with van der Waals surface area (Å²) in [6, 6.07) is 13.9. The smallest absolute Gasteiger partial charge is 0.322 e. The Morgan fingerprint density at radius 1 is 1.06 bits per heavy atom. The number of rotatable bonds is 8. The first-order chi connectivity index (χ1) is 15.1. The van der Waals surface area contributed by atoms with Crippen LogP contribution in [0.5, 0.6) is 11.5 Å². The summed E-state index contributed by atoms with van der Waals surface area (Å²) in [4.78, 5) is 14.7. The van der Waals surface area contributed by atoms with E-state index in [1.54, 1.807) is 41.5 Å². The lowest BCUT2D eigenvalue weighted by Gasteiger charge is -2.23. The van der Waals surface area contributed by atoms with Gasteiger partial charge < -0.3 is 23.6 Å². The van der Waals surface area contributed by atoms with Crippen molar-refractivity contribution in [1.29, 1.82) is 0 Å². The highest BCUT2D eigenvalue weighted by atomic mass is 32.2. The Kier molecular flexibility index (Phi) is 7.09. The van der Waals surface area contributed by atoms with E-state index in [2.05, 4.69) is 5.32 Å². The predicted molar refractivity (Wildman–Crippen MR) is 121 cm³/mol. The molecule has 0 saturated heterocycles. The van der Waals surface area contributed by atoms with Crippen molar-refractivity contribution in [3.05, 3.63) is 77.2 Å². The van der Waals surface area contributed by atoms with E-state index in [4.69, 9.17) is 13.3 Å². The average Bonchev–Trinajstić information content (AvgIpc) is 3.22. The van der Waals surface area contributed by atoms with Crippen molar-refractivity contribution in [1.82, 2.24) is 4.90 Å². The molecule has 0 aliphatic carbocycles. The highest BCUT2D eigenvalue weighted by Crippen LogP contribution is 2.30. The van der Waals surface area contributed by atoms with E-state index in [9.17, 15) is 13.2 Å². The molecule has 170 valence electrons. The number of nitrogens with one attached hydrogen (secondary N) is 1. The van der Waals surface area contributed by atoms with Gasteiger partial charge in [-0.05, 0) is 55.3 Å². The Labute approximate surface area is 187 Å². The molecule has 1 aromatic heterocycles. The predicted octanol–water partition coefficient (Wildman–Crippen LogP) is 4.48. The number of anilines is 1. The molecular formula is C23H26N2O6S. The van der Waals surface area contributed by atoms with Crippen molar-refractivity contribution in [2.24, 2.45) is 0 Å². The number of hydrogen-bond acceptors (Lipinski definition) is 6. The van der Waals surface area contributed by atoms with Gasteiger partial charge >= 0.3 is 16.1 Å². The molecule has 1 heterocycles. The molecule has 0 aliphatic rings. The zero-order valence-electron chi connectivity index (χ0n) is 18.4. The molecule has 0 spiro atoms. The maximum Gasteiger partial charge on any atom is 0.322 e. The van der Waals surface area contributed by atoms with E-state index in [1.165, 1.54) is 7.11 Å². The minimum Gasteiger partial charge on any atom is -0.493 e. The summed E-state index contributed by atoms with van der Waals surface area (Å²) in [7, 11) is -2.33. The van der Waals surface area contributed by atoms with Crippen LogP contribution in [-0.2, 0) is 23.2 Å². The van der Waals surface area contributed by atoms with E-state index in [0.29, 0.717) is 17.0 Å². The van der Waals surface area contributed by atoms with Crippen LogP contribution in [0.4, 0.5) is 10.5 Å². The van der Waals surface area contributed by atoms with Gasteiger partial charge in [-0.1, -0.05) is 23.8 Å². The normalized spacial score (nSPS) is 11.1. The maximum atomic E-state index is 13.1. The Morgan fingerprint density at radius 2 is 1.84 bits per heavy atom. The first-order valence-electron chi connectivity index (χ1n) is 9.86. The van der Waals surface area contributed by atoms with Crippen LogP contribution in [0.3, 0.4) is 0 Å². The lowest BCUT2D eigenvalue weighted by Crippen LogP contribution is -2.34. The molecule has 1 N–H and O–H groups in total. The fourth-order valence-corrected chi connectivity index (χ4v) is 3.66. The molecule has 32 heavy (non-hydrogen) atoms. The summed E-state index contributed by atoms with van der Waals surface area (Å²) in [5.74, 6) is 0.943. The number of hydrogen-bond donors (Lipinski definition) is 1. The van der Waals surface area contributed by atoms with Crippen LogP contribution in [0.2, 0.25) is 0 Å². The van der Waals surface area contributed by atoms with Gasteiger partial charge in [-0.3, -0.25) is 0 Å². The number of methoxy groups -OCH3 is 1. The number of amides is 2. The molecule has 0 bridgehead atoms. The number of ether oxygens (including phenoxy) is 1. The Morgan fingerprint density at radius 3 is 2.47 bits per heavy atom. The van der Waals surface area contributed by atoms with Gasteiger partial charge in [-0.25, -0.2) is 4.79 Å². The Balaban J connectivity index is 1.87. The second kappa shape index (κ2) is 9.78. The molecule has 8 nitrogen and oxygen atoms in total. The summed E-state index contributed by atoms with van der Waals surface area (Å²) >= 11 is 0. The fraction of sp³-hybridized carbons (Fsp3) is 0.261. The first-order valence-corrected chi connectivity index (χ1v) is 11.7. The minimum atomic E-state index is -3.75. The number of benzene rings is 2. The monoisotopic (exact) mass is 458 g/mol. The SMILES string of the molecule is COc1ccc(CN(Cc2ccco2)C(=O)Nc2ccc(C)cc2C)cc1OS(C)(=O)=O. The topological polar surface area (TPSA) is 98.1 Å². The molecule has 0 fully saturated rings. The van der Waals surface area contributed by atoms with E-state index >= 15 is 0 Å². The standard InChI is InChI=1S/C23H26N2O6S/c1-16-7-9-20(17(2)12-16)24-23(26)25(15-19-6-5-11-30-19)14-18-8-10-21(29-3)22(13-18)31-32(4,27)28/h5-13H,14-15H2,1-4H3,(H,24,26). The molecule has 9 heteroatoms. The molecule has 3 aromatic rings. The second-order valence-corrected chi connectivity index (χ2v) is 9.03. The molecule has 0 atom stereocenters. The zero-order chi connectivity index (χ0) is 23.3. The summed E-state index contributed by atoms with van der Waals surface area (Å²) < 4.78 is 38.9. The van der Waals surface area contributed by atoms with Crippen molar-refractivity contribution < 1.29 is 26.5 Å². The fourth-order valence-electron chi connectivity index (χ4n) is 3.21. The number of carbonyl (C=O) groups excluding carboxylic acids is 1. The first kappa shape index (κ1) is 23.2. The number of urea groups is 1. The number of carbonyl (C=O) groups is 1. The van der Waals surface area contributed by atoms with Crippen molar-refractivity contribution in [2.45, 2.75) is 26.9 Å². The number of aryl methyl sites for hydroxylation is 2. The number of nitrogens with zero attached hydrogens (tertiary/aromatic N) is 1. The van der Waals surface area contributed by atoms with Gasteiger partial charge in [0, 0.05) is 12.2 Å². The minimum absolute atomic E-state index is 0.0558. The van der Waals surface area contributed by atoms with Crippen LogP contribution in [0.25, 0.3) is 0 Å². The van der Waals surface area contributed by atoms with E-state index < -0.39 is 10.1 Å². The highest BCUT2D eigenvalue weighted by molar-refractivity contribution is 7.86. The molecule has 3 rings (SSSR count). The van der Waals surface area contributed by atoms with Crippen LogP contribution in [-0.4, -0.2) is 32.7 Å². The lowest BCUT2D eigenvalue weighted by atomic mass is 10.1. The van der Waals surface area contributed by atoms with E-state index in [1.807, 2.05) is 32.0 Å². The molecule has 0 unspecified atom stereocenters. The zero-order valence-corrected chi connectivity index (χ0v) is 19.2. The van der Waals surface area contributed by atoms with Gasteiger partial charge in [-0.2, -0.15) is 8.42 Å². The molecular weight excluding hydrogens is 432 g/mol. The van der Waals surface area contributed by atoms with Crippen LogP contribution in [0.15, 0.2) is 59.2 Å². The summed E-state index contributed by atoms with van der Waals surface area (Å²) in [5.41, 5.74) is 3.42. The van der Waals surface area contributed by atoms with E-state index in [-0.39, 0.29) is 30.6 Å². The van der Waals surface area contributed by atoms with Gasteiger partial charge in [0.2, 0.25) is 0 Å². The van der Waals surface area contributed by atoms with Crippen LogP contribution < -0.4 is 14.2 Å². The Bertz CT molecular complexity index is 1190. The molecule has 0 aliphatic heterocycles. The van der Waals surface area contributed by atoms with Gasteiger partial charge in [0.05, 0.1) is 26.2 Å². The summed E-state index contributed by atoms with van der Waals surface area (Å²) in [5, 5.41) is 2.94. The summed E-state index contributed by atoms with van der Waals surface area (Å²) in [6.45, 7) is 4.32. The average molecular weight is 459 g/mol. The molecule has 2 amide bonds. The highest BCUT2D eigenvalue weighted by Gasteiger charge is 2.19. The Hall–Kier alpha value is -3.46. The third-order valence-electron chi connectivity index (χ3n) is 4.68. The third-order valence-corrected chi connectivity index (χ3v) is 5.16. The van der Waals surface area contributed by atoms with Gasteiger partial charge in [0.1, 0.15) is 5.76 Å². The van der Waals surface area contributed by atoms with Crippen LogP contribution in [0, 0.1) is 13.8 Å². The van der Waals surface area contributed by atoms with Crippen molar-refractivity contribution in [2.75, 3.05) is 18.7 Å². The van der Waals surface area contributed by atoms with Crippen molar-refractivity contribution in [3.8, 4) is 11.5 Å². The van der Waals surface area contributed by atoms with Gasteiger partial charge in [0.25, 0.3) is 0 Å². The molecule has 2 aromatic carbocycles. The molecule has 0 saturated carbocycles. The number of furan rings is 1. The van der Waals surface area contributed by atoms with Crippen molar-refractivity contribution >= 4 is 21.8 Å². The maximum absolute atomic E-state index is 13.1. The second-order valence-electron chi connectivity index (χ2n) is 7.46. The lowest BCUT2D eigenvalue weighted by molar-refractivity contribution is 0.201. The van der Waals surface area contributed by atoms with Crippen LogP contribution >= 0.6 is 0 Å². The van der Waals surface area contributed by atoms with Gasteiger partial charge in [0.15, 0.2) is 11.5 Å².